The molecule has 1 aromatic rings. The first kappa shape index (κ1) is 23.8. The Morgan fingerprint density at radius 2 is 2.00 bits per heavy atom. The summed E-state index contributed by atoms with van der Waals surface area (Å²) in [7, 11) is 0. The number of morpholine rings is 1. The molecule has 0 aromatic heterocycles. The number of nitrogens with zero attached hydrogens (tertiary/aromatic N) is 3. The molecule has 28 heavy (non-hydrogen) atoms. The maximum absolute atomic E-state index is 5.47. The number of ether oxygens (including phenoxy) is 1. The van der Waals surface area contributed by atoms with Crippen molar-refractivity contribution >= 4 is 41.7 Å². The number of thioether (sulfide) groups is 1. The molecule has 5 nitrogen and oxygen atoms in total. The summed E-state index contributed by atoms with van der Waals surface area (Å²) in [4.78, 5) is 11.3. The van der Waals surface area contributed by atoms with Gasteiger partial charge in [0.1, 0.15) is 0 Å². The summed E-state index contributed by atoms with van der Waals surface area (Å²) >= 11 is 1.90. The monoisotopic (exact) mass is 518 g/mol. The van der Waals surface area contributed by atoms with E-state index in [1.54, 1.807) is 0 Å². The van der Waals surface area contributed by atoms with E-state index in [-0.39, 0.29) is 24.0 Å². The van der Waals surface area contributed by atoms with Gasteiger partial charge in [-0.05, 0) is 31.4 Å². The summed E-state index contributed by atoms with van der Waals surface area (Å²) in [6, 6.07) is 10.6. The third-order valence-electron chi connectivity index (χ3n) is 5.12. The van der Waals surface area contributed by atoms with Gasteiger partial charge in [0.25, 0.3) is 0 Å². The van der Waals surface area contributed by atoms with Crippen LogP contribution in [0.4, 0.5) is 0 Å². The fourth-order valence-corrected chi connectivity index (χ4v) is 4.66. The molecule has 0 radical (unpaired) electrons. The normalized spacial score (nSPS) is 22.0. The molecule has 2 atom stereocenters. The van der Waals surface area contributed by atoms with Crippen molar-refractivity contribution in [3.63, 3.8) is 0 Å². The highest BCUT2D eigenvalue weighted by molar-refractivity contribution is 14.0. The zero-order valence-corrected chi connectivity index (χ0v) is 20.3. The second-order valence-corrected chi connectivity index (χ2v) is 8.96. The smallest absolute Gasteiger partial charge is 0.193 e. The maximum atomic E-state index is 5.47. The van der Waals surface area contributed by atoms with Crippen LogP contribution >= 0.6 is 35.7 Å². The van der Waals surface area contributed by atoms with Crippen molar-refractivity contribution in [3.8, 4) is 0 Å². The lowest BCUT2D eigenvalue weighted by molar-refractivity contribution is 0.0315. The van der Waals surface area contributed by atoms with Gasteiger partial charge in [0.05, 0.1) is 19.8 Å². The number of halogens is 1. The molecule has 2 aliphatic heterocycles. The Balaban J connectivity index is 0.00000280. The summed E-state index contributed by atoms with van der Waals surface area (Å²) in [5.74, 6) is 1.82. The van der Waals surface area contributed by atoms with Gasteiger partial charge in [-0.15, -0.1) is 35.7 Å². The van der Waals surface area contributed by atoms with Gasteiger partial charge in [0.15, 0.2) is 5.96 Å². The lowest BCUT2D eigenvalue weighted by Crippen LogP contribution is -2.42. The fraction of sp³-hybridized carbons (Fsp3) is 0.667. The standard InChI is InChI=1S/C21H34N4OS.HI/c1-3-22-21(23-15-18(2)27-20-7-5-4-6-8-20)25-10-9-19(17-25)16-24-11-13-26-14-12-24;/h4-8,18-19H,3,9-17H2,1-2H3,(H,22,23);1H. The van der Waals surface area contributed by atoms with Gasteiger partial charge in [0.2, 0.25) is 0 Å². The van der Waals surface area contributed by atoms with Gasteiger partial charge in [-0.1, -0.05) is 25.1 Å². The van der Waals surface area contributed by atoms with E-state index < -0.39 is 0 Å². The van der Waals surface area contributed by atoms with E-state index in [1.807, 2.05) is 11.8 Å². The van der Waals surface area contributed by atoms with E-state index >= 15 is 0 Å². The minimum atomic E-state index is 0. The lowest BCUT2D eigenvalue weighted by Gasteiger charge is -2.29. The Bertz CT molecular complexity index is 583. The summed E-state index contributed by atoms with van der Waals surface area (Å²) < 4.78 is 5.47. The third-order valence-corrected chi connectivity index (χ3v) is 6.21. The minimum Gasteiger partial charge on any atom is -0.379 e. The number of hydrogen-bond donors (Lipinski definition) is 1. The molecule has 0 aliphatic carbocycles. The number of rotatable bonds is 7. The molecule has 2 aliphatic rings. The molecule has 1 N–H and O–H groups in total. The zero-order valence-electron chi connectivity index (χ0n) is 17.2. The van der Waals surface area contributed by atoms with Crippen LogP contribution in [0.2, 0.25) is 0 Å². The Kier molecular flexibility index (Phi) is 11.0. The fourth-order valence-electron chi connectivity index (χ4n) is 3.73. The molecule has 2 fully saturated rings. The maximum Gasteiger partial charge on any atom is 0.193 e. The van der Waals surface area contributed by atoms with E-state index in [0.29, 0.717) is 5.25 Å². The van der Waals surface area contributed by atoms with Crippen LogP contribution in [0.5, 0.6) is 0 Å². The first-order valence-corrected chi connectivity index (χ1v) is 11.2. The van der Waals surface area contributed by atoms with Crippen molar-refractivity contribution in [1.29, 1.82) is 0 Å². The van der Waals surface area contributed by atoms with Crippen molar-refractivity contribution in [3.05, 3.63) is 30.3 Å². The van der Waals surface area contributed by atoms with E-state index in [0.717, 1.165) is 64.4 Å². The molecular weight excluding hydrogens is 483 g/mol. The minimum absolute atomic E-state index is 0. The van der Waals surface area contributed by atoms with Gasteiger partial charge in [-0.3, -0.25) is 9.89 Å². The van der Waals surface area contributed by atoms with Crippen molar-refractivity contribution in [2.75, 3.05) is 59.0 Å². The summed E-state index contributed by atoms with van der Waals surface area (Å²) in [5, 5.41) is 3.97. The average Bonchev–Trinajstić information content (AvgIpc) is 3.15. The molecule has 2 saturated heterocycles. The van der Waals surface area contributed by atoms with Crippen LogP contribution in [-0.4, -0.2) is 80.0 Å². The van der Waals surface area contributed by atoms with Crippen LogP contribution in [0.15, 0.2) is 40.2 Å². The van der Waals surface area contributed by atoms with Gasteiger partial charge in [-0.2, -0.15) is 0 Å². The number of likely N-dealkylation sites (tertiary alicyclic amines) is 1. The second-order valence-electron chi connectivity index (χ2n) is 7.45. The Morgan fingerprint density at radius 1 is 1.25 bits per heavy atom. The quantitative estimate of drug-likeness (QED) is 0.259. The lowest BCUT2D eigenvalue weighted by atomic mass is 10.1. The molecule has 3 rings (SSSR count). The zero-order chi connectivity index (χ0) is 18.9. The number of aliphatic imine (C=N–C) groups is 1. The topological polar surface area (TPSA) is 40.1 Å². The molecule has 7 heteroatoms. The van der Waals surface area contributed by atoms with E-state index in [1.165, 1.54) is 17.9 Å². The number of nitrogens with one attached hydrogen (secondary N) is 1. The average molecular weight is 519 g/mol. The predicted molar refractivity (Wildman–Crippen MR) is 130 cm³/mol. The molecular formula is C21H35IN4OS. The summed E-state index contributed by atoms with van der Waals surface area (Å²) in [6.07, 6.45) is 1.26. The van der Waals surface area contributed by atoms with Crippen molar-refractivity contribution in [2.45, 2.75) is 30.4 Å². The number of benzene rings is 1. The van der Waals surface area contributed by atoms with E-state index in [2.05, 4.69) is 59.3 Å². The third kappa shape index (κ3) is 7.72. The molecule has 1 aromatic carbocycles. The molecule has 0 spiro atoms. The van der Waals surface area contributed by atoms with Crippen LogP contribution in [0.25, 0.3) is 0 Å². The van der Waals surface area contributed by atoms with E-state index in [4.69, 9.17) is 9.73 Å². The summed E-state index contributed by atoms with van der Waals surface area (Å²) in [5.41, 5.74) is 0. The van der Waals surface area contributed by atoms with Crippen molar-refractivity contribution in [1.82, 2.24) is 15.1 Å². The SMILES string of the molecule is CCNC(=NCC(C)Sc1ccccc1)N1CCC(CN2CCOCC2)C1.I. The molecule has 158 valence electrons. The molecule has 0 amide bonds. The summed E-state index contributed by atoms with van der Waals surface area (Å²) in [6.45, 7) is 13.5. The largest absolute Gasteiger partial charge is 0.379 e. The molecule has 2 heterocycles. The van der Waals surface area contributed by atoms with Crippen LogP contribution in [0, 0.1) is 5.92 Å². The molecule has 2 unspecified atom stereocenters. The molecule has 0 saturated carbocycles. The van der Waals surface area contributed by atoms with Gasteiger partial charge in [-0.25, -0.2) is 0 Å². The van der Waals surface area contributed by atoms with Crippen LogP contribution in [-0.2, 0) is 4.74 Å². The van der Waals surface area contributed by atoms with Crippen molar-refractivity contribution < 1.29 is 4.74 Å². The predicted octanol–water partition coefficient (Wildman–Crippen LogP) is 3.40. The van der Waals surface area contributed by atoms with Gasteiger partial charge >= 0.3 is 0 Å². The Morgan fingerprint density at radius 3 is 2.71 bits per heavy atom. The highest BCUT2D eigenvalue weighted by atomic mass is 127. The van der Waals surface area contributed by atoms with Crippen LogP contribution < -0.4 is 5.32 Å². The highest BCUT2D eigenvalue weighted by Gasteiger charge is 2.27. The number of hydrogen-bond acceptors (Lipinski definition) is 4. The van der Waals surface area contributed by atoms with Crippen LogP contribution in [0.1, 0.15) is 20.3 Å². The van der Waals surface area contributed by atoms with Gasteiger partial charge in [0, 0.05) is 49.4 Å². The Labute approximate surface area is 191 Å². The van der Waals surface area contributed by atoms with Crippen molar-refractivity contribution in [2.24, 2.45) is 10.9 Å². The molecule has 0 bridgehead atoms. The first-order chi connectivity index (χ1) is 13.2. The van der Waals surface area contributed by atoms with E-state index in [9.17, 15) is 0 Å². The first-order valence-electron chi connectivity index (χ1n) is 10.3. The highest BCUT2D eigenvalue weighted by Crippen LogP contribution is 2.23. The van der Waals surface area contributed by atoms with Crippen LogP contribution in [0.3, 0.4) is 0 Å². The number of guanidine groups is 1. The Hall–Kier alpha value is -0.510. The van der Waals surface area contributed by atoms with Gasteiger partial charge < -0.3 is 15.0 Å². The second kappa shape index (κ2) is 12.9.